The summed E-state index contributed by atoms with van der Waals surface area (Å²) in [5.74, 6) is 0.347. The molecule has 0 heterocycles. The van der Waals surface area contributed by atoms with Crippen LogP contribution in [0.25, 0.3) is 6.08 Å². The summed E-state index contributed by atoms with van der Waals surface area (Å²) in [7, 11) is 0. The molecule has 0 fully saturated rings. The molecule has 1 rings (SSSR count). The van der Waals surface area contributed by atoms with Crippen LogP contribution in [0.15, 0.2) is 28.8 Å². The van der Waals surface area contributed by atoms with E-state index in [1.165, 1.54) is 6.08 Å². The normalized spacial score (nSPS) is 9.44. The lowest BCUT2D eigenvalue weighted by molar-refractivity contribution is 0.104. The maximum absolute atomic E-state index is 11.1. The van der Waals surface area contributed by atoms with Crippen molar-refractivity contribution in [3.05, 3.63) is 34.3 Å². The predicted octanol–water partition coefficient (Wildman–Crippen LogP) is 4.00. The van der Waals surface area contributed by atoms with Crippen molar-refractivity contribution >= 4 is 35.4 Å². The van der Waals surface area contributed by atoms with Crippen LogP contribution in [0, 0.1) is 0 Å². The van der Waals surface area contributed by atoms with E-state index in [-0.39, 0.29) is 11.1 Å². The van der Waals surface area contributed by atoms with Crippen LogP contribution in [-0.4, -0.2) is 12.8 Å². The van der Waals surface area contributed by atoms with Crippen molar-refractivity contribution in [2.75, 3.05) is 6.61 Å². The van der Waals surface area contributed by atoms with E-state index in [0.717, 1.165) is 0 Å². The molecule has 0 aromatic heterocycles. The second-order valence-corrected chi connectivity index (χ2v) is 3.76. The number of rotatable bonds is 3. The second-order valence-electron chi connectivity index (χ2n) is 2.76. The molecule has 0 aliphatic rings. The Balaban J connectivity index is 2.87. The average molecular weight is 261 g/mol. The standard InChI is InChI=1S/C11H10Cl2O3/c1-2-15-11(14)16-9-6-4-3-5-8(9)7-10(12)13/h3-7H,2H2,1H3. The Kier molecular flexibility index (Phi) is 5.15. The van der Waals surface area contributed by atoms with Gasteiger partial charge in [-0.1, -0.05) is 41.4 Å². The summed E-state index contributed by atoms with van der Waals surface area (Å²) in [5.41, 5.74) is 0.607. The highest BCUT2D eigenvalue weighted by Crippen LogP contribution is 2.23. The largest absolute Gasteiger partial charge is 0.513 e. The third-order valence-corrected chi connectivity index (χ3v) is 1.86. The molecule has 5 heteroatoms. The first kappa shape index (κ1) is 12.9. The predicted molar refractivity (Wildman–Crippen MR) is 63.8 cm³/mol. The Bertz CT molecular complexity index is 398. The lowest BCUT2D eigenvalue weighted by Crippen LogP contribution is -2.10. The Morgan fingerprint density at radius 3 is 2.69 bits per heavy atom. The zero-order valence-electron chi connectivity index (χ0n) is 8.57. The van der Waals surface area contributed by atoms with Gasteiger partial charge in [0.2, 0.25) is 0 Å². The fourth-order valence-electron chi connectivity index (χ4n) is 1.05. The first-order valence-electron chi connectivity index (χ1n) is 4.59. The van der Waals surface area contributed by atoms with Crippen molar-refractivity contribution < 1.29 is 14.3 Å². The molecule has 0 saturated heterocycles. The van der Waals surface area contributed by atoms with Crippen molar-refractivity contribution in [3.63, 3.8) is 0 Å². The molecule has 0 unspecified atom stereocenters. The lowest BCUT2D eigenvalue weighted by atomic mass is 10.2. The highest BCUT2D eigenvalue weighted by atomic mass is 35.5. The van der Waals surface area contributed by atoms with E-state index in [9.17, 15) is 4.79 Å². The monoisotopic (exact) mass is 260 g/mol. The number of halogens is 2. The second kappa shape index (κ2) is 6.40. The minimum absolute atomic E-state index is 0.0832. The molecule has 16 heavy (non-hydrogen) atoms. The number of carbonyl (C=O) groups excluding carboxylic acids is 1. The topological polar surface area (TPSA) is 35.5 Å². The van der Waals surface area contributed by atoms with Crippen LogP contribution in [0.3, 0.4) is 0 Å². The molecular formula is C11H10Cl2O3. The summed E-state index contributed by atoms with van der Waals surface area (Å²) in [4.78, 5) is 11.1. The summed E-state index contributed by atoms with van der Waals surface area (Å²) in [6.45, 7) is 1.95. The van der Waals surface area contributed by atoms with Gasteiger partial charge in [0.1, 0.15) is 10.2 Å². The Morgan fingerprint density at radius 1 is 1.38 bits per heavy atom. The number of ether oxygens (including phenoxy) is 2. The first-order valence-corrected chi connectivity index (χ1v) is 5.35. The number of hydrogen-bond acceptors (Lipinski definition) is 3. The number of benzene rings is 1. The minimum atomic E-state index is -0.756. The minimum Gasteiger partial charge on any atom is -0.434 e. The van der Waals surface area contributed by atoms with Crippen LogP contribution in [0.5, 0.6) is 5.75 Å². The molecule has 0 radical (unpaired) electrons. The van der Waals surface area contributed by atoms with Gasteiger partial charge in [-0.2, -0.15) is 0 Å². The van der Waals surface area contributed by atoms with E-state index in [1.807, 2.05) is 0 Å². The first-order chi connectivity index (χ1) is 7.63. The smallest absolute Gasteiger partial charge is 0.434 e. The molecular weight excluding hydrogens is 251 g/mol. The third kappa shape index (κ3) is 4.13. The molecule has 0 spiro atoms. The van der Waals surface area contributed by atoms with Crippen LogP contribution in [0.2, 0.25) is 0 Å². The van der Waals surface area contributed by atoms with E-state index in [1.54, 1.807) is 31.2 Å². The van der Waals surface area contributed by atoms with Gasteiger partial charge in [-0.3, -0.25) is 0 Å². The summed E-state index contributed by atoms with van der Waals surface area (Å²) in [6, 6.07) is 6.85. The van der Waals surface area contributed by atoms with Crippen molar-refractivity contribution in [2.24, 2.45) is 0 Å². The molecule has 3 nitrogen and oxygen atoms in total. The number of para-hydroxylation sites is 1. The van der Waals surface area contributed by atoms with Gasteiger partial charge in [0, 0.05) is 5.56 Å². The zero-order chi connectivity index (χ0) is 12.0. The highest BCUT2D eigenvalue weighted by molar-refractivity contribution is 6.57. The van der Waals surface area contributed by atoms with Gasteiger partial charge >= 0.3 is 6.16 Å². The maximum Gasteiger partial charge on any atom is 0.513 e. The van der Waals surface area contributed by atoms with Gasteiger partial charge in [-0.25, -0.2) is 4.79 Å². The van der Waals surface area contributed by atoms with E-state index in [2.05, 4.69) is 4.74 Å². The quantitative estimate of drug-likeness (QED) is 0.609. The van der Waals surface area contributed by atoms with E-state index in [4.69, 9.17) is 27.9 Å². The fraction of sp³-hybridized carbons (Fsp3) is 0.182. The molecule has 0 amide bonds. The fourth-order valence-corrected chi connectivity index (χ4v) is 1.28. The van der Waals surface area contributed by atoms with Crippen LogP contribution >= 0.6 is 23.2 Å². The summed E-state index contributed by atoms with van der Waals surface area (Å²) < 4.78 is 9.70. The molecule has 1 aromatic carbocycles. The van der Waals surface area contributed by atoms with E-state index in [0.29, 0.717) is 11.3 Å². The van der Waals surface area contributed by atoms with Crippen LogP contribution in [0.1, 0.15) is 12.5 Å². The highest BCUT2D eigenvalue weighted by Gasteiger charge is 2.08. The molecule has 0 bridgehead atoms. The zero-order valence-corrected chi connectivity index (χ0v) is 10.1. The molecule has 0 aliphatic heterocycles. The van der Waals surface area contributed by atoms with Gasteiger partial charge in [0.25, 0.3) is 0 Å². The molecule has 1 aromatic rings. The van der Waals surface area contributed by atoms with Crippen LogP contribution in [-0.2, 0) is 4.74 Å². The van der Waals surface area contributed by atoms with Crippen molar-refractivity contribution in [2.45, 2.75) is 6.92 Å². The van der Waals surface area contributed by atoms with Crippen LogP contribution < -0.4 is 4.74 Å². The third-order valence-electron chi connectivity index (χ3n) is 1.64. The average Bonchev–Trinajstić information content (AvgIpc) is 2.20. The van der Waals surface area contributed by atoms with Crippen LogP contribution in [0.4, 0.5) is 4.79 Å². The SMILES string of the molecule is CCOC(=O)Oc1ccccc1C=C(Cl)Cl. The molecule has 0 N–H and O–H groups in total. The molecule has 86 valence electrons. The Morgan fingerprint density at radius 2 is 2.06 bits per heavy atom. The summed E-state index contributed by atoms with van der Waals surface area (Å²) in [6.07, 6.45) is 0.728. The van der Waals surface area contributed by atoms with Crippen molar-refractivity contribution in [1.29, 1.82) is 0 Å². The van der Waals surface area contributed by atoms with Gasteiger partial charge in [-0.15, -0.1) is 0 Å². The molecule has 0 saturated carbocycles. The molecule has 0 aliphatic carbocycles. The van der Waals surface area contributed by atoms with Gasteiger partial charge < -0.3 is 9.47 Å². The maximum atomic E-state index is 11.1. The van der Waals surface area contributed by atoms with Gasteiger partial charge in [-0.05, 0) is 19.1 Å². The number of hydrogen-bond donors (Lipinski definition) is 0. The summed E-state index contributed by atoms with van der Waals surface area (Å²) >= 11 is 11.1. The van der Waals surface area contributed by atoms with E-state index < -0.39 is 6.16 Å². The summed E-state index contributed by atoms with van der Waals surface area (Å²) in [5, 5.41) is 0. The lowest BCUT2D eigenvalue weighted by Gasteiger charge is -2.06. The van der Waals surface area contributed by atoms with Crippen molar-refractivity contribution in [1.82, 2.24) is 0 Å². The Labute approximate surface area is 104 Å². The van der Waals surface area contributed by atoms with Gasteiger partial charge in [0.15, 0.2) is 0 Å². The van der Waals surface area contributed by atoms with E-state index >= 15 is 0 Å². The van der Waals surface area contributed by atoms with Crippen molar-refractivity contribution in [3.8, 4) is 5.75 Å². The molecule has 0 atom stereocenters. The Hall–Kier alpha value is -1.19. The number of carbonyl (C=O) groups is 1. The van der Waals surface area contributed by atoms with Gasteiger partial charge in [0.05, 0.1) is 6.61 Å².